The number of carbonyl (C=O) groups excluding carboxylic acids is 4. The zero-order valence-electron chi connectivity index (χ0n) is 14.3. The molecule has 1 fully saturated rings. The molecule has 1 saturated heterocycles. The van der Waals surface area contributed by atoms with Crippen LogP contribution >= 0.6 is 0 Å². The van der Waals surface area contributed by atoms with Crippen molar-refractivity contribution in [1.82, 2.24) is 4.90 Å². The summed E-state index contributed by atoms with van der Waals surface area (Å²) in [7, 11) is 1.52. The molecule has 26 heavy (non-hydrogen) atoms. The number of ketones is 1. The Morgan fingerprint density at radius 1 is 1.04 bits per heavy atom. The first-order valence-electron chi connectivity index (χ1n) is 8.34. The number of imide groups is 1. The highest BCUT2D eigenvalue weighted by atomic mass is 16.5. The van der Waals surface area contributed by atoms with Gasteiger partial charge in [0.2, 0.25) is 11.8 Å². The fourth-order valence-corrected chi connectivity index (χ4v) is 3.21. The van der Waals surface area contributed by atoms with E-state index in [0.717, 1.165) is 4.90 Å². The van der Waals surface area contributed by atoms with Crippen LogP contribution in [0.15, 0.2) is 36.4 Å². The van der Waals surface area contributed by atoms with Crippen molar-refractivity contribution in [3.05, 3.63) is 42.0 Å². The third-order valence-corrected chi connectivity index (χ3v) is 4.66. The van der Waals surface area contributed by atoms with Gasteiger partial charge in [0.1, 0.15) is 12.3 Å². The van der Waals surface area contributed by atoms with Crippen LogP contribution in [0.25, 0.3) is 0 Å². The number of methoxy groups -OCH3 is 1. The molecule has 0 spiro atoms. The topological polar surface area (TPSA) is 90.0 Å². The van der Waals surface area contributed by atoms with Crippen molar-refractivity contribution in [3.63, 3.8) is 0 Å². The van der Waals surface area contributed by atoms with Gasteiger partial charge in [-0.05, 0) is 37.1 Å². The van der Waals surface area contributed by atoms with Crippen LogP contribution in [-0.2, 0) is 19.1 Å². The van der Waals surface area contributed by atoms with Crippen LogP contribution in [0.5, 0.6) is 5.75 Å². The third-order valence-electron chi connectivity index (χ3n) is 4.66. The van der Waals surface area contributed by atoms with Gasteiger partial charge in [0.05, 0.1) is 18.9 Å². The monoisotopic (exact) mass is 357 g/mol. The summed E-state index contributed by atoms with van der Waals surface area (Å²) in [6.45, 7) is -0.906. The first-order chi connectivity index (χ1) is 12.5. The molecule has 1 heterocycles. The number of fused-ring (bicyclic) bond motifs is 1. The van der Waals surface area contributed by atoms with E-state index >= 15 is 0 Å². The molecule has 0 radical (unpaired) electrons. The van der Waals surface area contributed by atoms with E-state index in [1.165, 1.54) is 7.11 Å². The van der Waals surface area contributed by atoms with E-state index in [2.05, 4.69) is 0 Å². The van der Waals surface area contributed by atoms with Crippen molar-refractivity contribution >= 4 is 23.6 Å². The normalized spacial score (nSPS) is 21.5. The minimum Gasteiger partial charge on any atom is -0.497 e. The maximum Gasteiger partial charge on any atom is 0.326 e. The number of hydrogen-bond acceptors (Lipinski definition) is 6. The second-order valence-electron chi connectivity index (χ2n) is 6.23. The van der Waals surface area contributed by atoms with Crippen molar-refractivity contribution in [2.45, 2.75) is 12.8 Å². The van der Waals surface area contributed by atoms with E-state index < -0.39 is 19.1 Å². The molecule has 136 valence electrons. The molecule has 2 unspecified atom stereocenters. The second-order valence-corrected chi connectivity index (χ2v) is 6.23. The molecule has 7 heteroatoms. The molecular formula is C19H19NO6. The van der Waals surface area contributed by atoms with Gasteiger partial charge in [-0.25, -0.2) is 0 Å². The lowest BCUT2D eigenvalue weighted by molar-refractivity contribution is -0.152. The Balaban J connectivity index is 1.53. The average Bonchev–Trinajstić information content (AvgIpc) is 2.91. The number of likely N-dealkylation sites (tertiary alicyclic amines) is 1. The molecule has 2 aliphatic rings. The lowest BCUT2D eigenvalue weighted by Crippen LogP contribution is -2.37. The lowest BCUT2D eigenvalue weighted by atomic mass is 9.85. The van der Waals surface area contributed by atoms with Gasteiger partial charge in [-0.15, -0.1) is 0 Å². The maximum atomic E-state index is 12.3. The quantitative estimate of drug-likeness (QED) is 0.331. The Bertz CT molecular complexity index is 741. The predicted molar refractivity (Wildman–Crippen MR) is 90.4 cm³/mol. The van der Waals surface area contributed by atoms with Crippen LogP contribution in [0.3, 0.4) is 0 Å². The van der Waals surface area contributed by atoms with Gasteiger partial charge in [-0.1, -0.05) is 12.2 Å². The second kappa shape index (κ2) is 7.51. The van der Waals surface area contributed by atoms with Crippen LogP contribution in [0.1, 0.15) is 23.2 Å². The van der Waals surface area contributed by atoms with E-state index in [-0.39, 0.29) is 29.4 Å². The SMILES string of the molecule is COc1ccc(C(=O)COC(=O)CN2C(=O)C3CC=CCC3C2=O)cc1. The Kier molecular flexibility index (Phi) is 5.16. The molecule has 0 bridgehead atoms. The Hall–Kier alpha value is -2.96. The minimum atomic E-state index is -0.778. The van der Waals surface area contributed by atoms with E-state index in [0.29, 0.717) is 24.2 Å². The van der Waals surface area contributed by atoms with Crippen LogP contribution < -0.4 is 4.74 Å². The van der Waals surface area contributed by atoms with Gasteiger partial charge in [0, 0.05) is 5.56 Å². The molecule has 1 aromatic carbocycles. The largest absolute Gasteiger partial charge is 0.497 e. The molecule has 0 N–H and O–H groups in total. The van der Waals surface area contributed by atoms with E-state index in [1.807, 2.05) is 12.2 Å². The number of rotatable bonds is 6. The number of amides is 2. The first-order valence-corrected chi connectivity index (χ1v) is 8.34. The molecule has 1 aromatic rings. The molecule has 0 saturated carbocycles. The van der Waals surface area contributed by atoms with Crippen molar-refractivity contribution < 1.29 is 28.7 Å². The third kappa shape index (κ3) is 3.51. The lowest BCUT2D eigenvalue weighted by Gasteiger charge is -2.14. The van der Waals surface area contributed by atoms with E-state index in [4.69, 9.17) is 9.47 Å². The fraction of sp³-hybridized carbons (Fsp3) is 0.368. The van der Waals surface area contributed by atoms with Gasteiger partial charge < -0.3 is 9.47 Å². The highest BCUT2D eigenvalue weighted by Crippen LogP contribution is 2.34. The average molecular weight is 357 g/mol. The number of Topliss-reactive ketones (excluding diaryl/α,β-unsaturated/α-hetero) is 1. The first kappa shape index (κ1) is 17.8. The van der Waals surface area contributed by atoms with Crippen molar-refractivity contribution in [2.24, 2.45) is 11.8 Å². The molecule has 7 nitrogen and oxygen atoms in total. The van der Waals surface area contributed by atoms with Crippen LogP contribution in [0, 0.1) is 11.8 Å². The smallest absolute Gasteiger partial charge is 0.326 e. The molecule has 1 aliphatic carbocycles. The number of esters is 1. The summed E-state index contributed by atoms with van der Waals surface area (Å²) in [6.07, 6.45) is 4.77. The zero-order chi connectivity index (χ0) is 18.7. The number of nitrogens with zero attached hydrogens (tertiary/aromatic N) is 1. The van der Waals surface area contributed by atoms with Gasteiger partial charge in [0.25, 0.3) is 0 Å². The Morgan fingerprint density at radius 2 is 1.62 bits per heavy atom. The molecule has 0 aromatic heterocycles. The highest BCUT2D eigenvalue weighted by molar-refractivity contribution is 6.07. The number of hydrogen-bond donors (Lipinski definition) is 0. The molecule has 2 amide bonds. The fourth-order valence-electron chi connectivity index (χ4n) is 3.21. The van der Waals surface area contributed by atoms with Gasteiger partial charge in [-0.3, -0.25) is 24.1 Å². The molecule has 2 atom stereocenters. The summed E-state index contributed by atoms with van der Waals surface area (Å²) >= 11 is 0. The summed E-state index contributed by atoms with van der Waals surface area (Å²) < 4.78 is 9.96. The zero-order valence-corrected chi connectivity index (χ0v) is 14.3. The van der Waals surface area contributed by atoms with Crippen molar-refractivity contribution in [3.8, 4) is 5.75 Å². The summed E-state index contributed by atoms with van der Waals surface area (Å²) in [5, 5.41) is 0. The Morgan fingerprint density at radius 3 is 2.15 bits per heavy atom. The standard InChI is InChI=1S/C19H19NO6/c1-25-13-8-6-12(7-9-13)16(21)11-26-17(22)10-20-18(23)14-4-2-3-5-15(14)19(20)24/h2-3,6-9,14-15H,4-5,10-11H2,1H3. The summed E-state index contributed by atoms with van der Waals surface area (Å²) in [5.41, 5.74) is 0.379. The maximum absolute atomic E-state index is 12.3. The number of benzene rings is 1. The summed E-state index contributed by atoms with van der Waals surface area (Å²) in [4.78, 5) is 49.5. The molecular weight excluding hydrogens is 338 g/mol. The van der Waals surface area contributed by atoms with Gasteiger partial charge in [0.15, 0.2) is 12.4 Å². The number of allylic oxidation sites excluding steroid dienone is 2. The Labute approximate surface area is 150 Å². The molecule has 1 aliphatic heterocycles. The highest BCUT2D eigenvalue weighted by Gasteiger charge is 2.47. The summed E-state index contributed by atoms with van der Waals surface area (Å²) in [5.74, 6) is -2.01. The number of ether oxygens (including phenoxy) is 2. The molecule has 3 rings (SSSR count). The van der Waals surface area contributed by atoms with Crippen molar-refractivity contribution in [1.29, 1.82) is 0 Å². The van der Waals surface area contributed by atoms with Crippen LogP contribution in [-0.4, -0.2) is 48.7 Å². The minimum absolute atomic E-state index is 0.345. The van der Waals surface area contributed by atoms with Gasteiger partial charge in [-0.2, -0.15) is 0 Å². The van der Waals surface area contributed by atoms with Gasteiger partial charge >= 0.3 is 5.97 Å². The summed E-state index contributed by atoms with van der Waals surface area (Å²) in [6, 6.07) is 6.40. The van der Waals surface area contributed by atoms with Crippen molar-refractivity contribution in [2.75, 3.05) is 20.3 Å². The number of carbonyl (C=O) groups is 4. The van der Waals surface area contributed by atoms with E-state index in [9.17, 15) is 19.2 Å². The van der Waals surface area contributed by atoms with E-state index in [1.54, 1.807) is 24.3 Å². The van der Waals surface area contributed by atoms with Crippen LogP contribution in [0.4, 0.5) is 0 Å². The van der Waals surface area contributed by atoms with Crippen LogP contribution in [0.2, 0.25) is 0 Å². The predicted octanol–water partition coefficient (Wildman–Crippen LogP) is 1.37.